The number of β-amino-alcohol motifs (C(OH)–C–C–N with tert-alkyl or cyclic N) is 1. The number of carbonyl (C=O) groups excluding carboxylic acids is 3. The average molecular weight is 836 g/mol. The number of aliphatic carboxylic acids is 1. The Morgan fingerprint density at radius 2 is 1.54 bits per heavy atom. The largest absolute Gasteiger partial charge is 0.481 e. The number of likely N-dealkylation sites (tertiary alicyclic amines) is 1. The average Bonchev–Trinajstić information content (AvgIpc) is 3.85. The molecule has 2 aliphatic heterocycles. The van der Waals surface area contributed by atoms with Crippen LogP contribution in [0.25, 0.3) is 16.1 Å². The molecule has 0 saturated carbocycles. The van der Waals surface area contributed by atoms with E-state index in [-0.39, 0.29) is 31.8 Å². The maximum Gasteiger partial charge on any atom is 0.306 e. The van der Waals surface area contributed by atoms with Crippen molar-refractivity contribution in [3.05, 3.63) is 122 Å². The summed E-state index contributed by atoms with van der Waals surface area (Å²) in [5.74, 6) is -1.12. The number of nitrogens with zero attached hydrogens (tertiary/aromatic N) is 5. The van der Waals surface area contributed by atoms with Crippen LogP contribution in [0.5, 0.6) is 0 Å². The van der Waals surface area contributed by atoms with Crippen molar-refractivity contribution in [1.29, 1.82) is 0 Å². The number of hydrogen-bond donors (Lipinski definition) is 4. The molecule has 15 heteroatoms. The molecule has 3 amide bonds. The number of benzene rings is 3. The first kappa shape index (κ1) is 41.5. The first-order valence-corrected chi connectivity index (χ1v) is 20.5. The molecule has 0 bridgehead atoms. The molecule has 4 atom stereocenters. The highest BCUT2D eigenvalue weighted by Gasteiger charge is 2.44. The van der Waals surface area contributed by atoms with Gasteiger partial charge in [0, 0.05) is 46.1 Å². The Labute approximate surface area is 351 Å². The minimum atomic E-state index is -0.989. The zero-order chi connectivity index (χ0) is 42.3. The SMILES string of the molecule is Cc1sc2c(c1C)C(c1ccc(-c3ccc(C(=O)N[C@H](C(=O)N4C[C@H](O)C[C@H]4C(=O)NCc4ccc(Cl)cc4)C(C)(C)C)cc3)cc1)=N[C@@H](CC(=O)O)c1nnc(C)n1-2. The number of aliphatic hydroxyl groups excluding tert-OH is 1. The molecule has 0 aliphatic carbocycles. The highest BCUT2D eigenvalue weighted by Crippen LogP contribution is 2.40. The van der Waals surface area contributed by atoms with Gasteiger partial charge in [-0.15, -0.1) is 21.5 Å². The maximum absolute atomic E-state index is 14.1. The second-order valence-corrected chi connectivity index (χ2v) is 17.8. The third-order valence-electron chi connectivity index (χ3n) is 10.9. The fourth-order valence-electron chi connectivity index (χ4n) is 7.57. The molecule has 2 aromatic heterocycles. The molecule has 0 radical (unpaired) electrons. The van der Waals surface area contributed by atoms with E-state index in [1.54, 1.807) is 47.7 Å². The number of hydrogen-bond acceptors (Lipinski definition) is 9. The summed E-state index contributed by atoms with van der Waals surface area (Å²) in [6.45, 7) is 11.7. The van der Waals surface area contributed by atoms with Gasteiger partial charge in [-0.2, -0.15) is 0 Å². The van der Waals surface area contributed by atoms with Gasteiger partial charge >= 0.3 is 5.97 Å². The third kappa shape index (κ3) is 8.56. The summed E-state index contributed by atoms with van der Waals surface area (Å²) in [6, 6.07) is 19.3. The van der Waals surface area contributed by atoms with E-state index in [9.17, 15) is 29.4 Å². The van der Waals surface area contributed by atoms with Gasteiger partial charge in [0.05, 0.1) is 18.2 Å². The molecule has 7 rings (SSSR count). The van der Waals surface area contributed by atoms with Crippen LogP contribution in [0, 0.1) is 26.2 Å². The molecular formula is C44H46ClN7O6S. The van der Waals surface area contributed by atoms with Gasteiger partial charge in [-0.25, -0.2) is 0 Å². The number of fused-ring (bicyclic) bond motifs is 3. The minimum Gasteiger partial charge on any atom is -0.481 e. The zero-order valence-corrected chi connectivity index (χ0v) is 35.2. The summed E-state index contributed by atoms with van der Waals surface area (Å²) in [7, 11) is 0. The lowest BCUT2D eigenvalue weighted by Gasteiger charge is -2.35. The second kappa shape index (κ2) is 16.5. The molecule has 1 fully saturated rings. The van der Waals surface area contributed by atoms with Crippen molar-refractivity contribution >= 4 is 52.3 Å². The Morgan fingerprint density at radius 3 is 2.17 bits per heavy atom. The number of aliphatic imine (C=N–C) groups is 1. The number of amides is 3. The summed E-state index contributed by atoms with van der Waals surface area (Å²) >= 11 is 7.59. The Morgan fingerprint density at radius 1 is 0.915 bits per heavy atom. The van der Waals surface area contributed by atoms with Crippen molar-refractivity contribution in [2.75, 3.05) is 6.54 Å². The van der Waals surface area contributed by atoms with E-state index in [0.29, 0.717) is 27.9 Å². The van der Waals surface area contributed by atoms with Gasteiger partial charge in [-0.3, -0.25) is 28.7 Å². The maximum atomic E-state index is 14.1. The molecule has 306 valence electrons. The number of aromatic nitrogens is 3. The smallest absolute Gasteiger partial charge is 0.306 e. The van der Waals surface area contributed by atoms with Crippen molar-refractivity contribution in [2.45, 2.75) is 85.2 Å². The number of nitrogens with one attached hydrogen (secondary N) is 2. The molecular weight excluding hydrogens is 790 g/mol. The fraction of sp³-hybridized carbons (Fsp3) is 0.341. The highest BCUT2D eigenvalue weighted by atomic mass is 35.5. The third-order valence-corrected chi connectivity index (χ3v) is 12.3. The van der Waals surface area contributed by atoms with Crippen LogP contribution >= 0.6 is 22.9 Å². The van der Waals surface area contributed by atoms with Crippen molar-refractivity contribution in [2.24, 2.45) is 10.4 Å². The van der Waals surface area contributed by atoms with Crippen LogP contribution in [0.2, 0.25) is 5.02 Å². The van der Waals surface area contributed by atoms with Gasteiger partial charge in [-0.05, 0) is 72.7 Å². The van der Waals surface area contributed by atoms with Crippen LogP contribution < -0.4 is 10.6 Å². The monoisotopic (exact) mass is 835 g/mol. The number of aliphatic hydroxyl groups is 1. The molecule has 1 saturated heterocycles. The van der Waals surface area contributed by atoms with E-state index in [1.165, 1.54) is 4.90 Å². The zero-order valence-electron chi connectivity index (χ0n) is 33.6. The van der Waals surface area contributed by atoms with Crippen molar-refractivity contribution < 1.29 is 29.4 Å². The standard InChI is InChI=1S/C44H46ClN7O6S/c1-23-24(2)59-43-36(23)37(47-33(20-35(54)55)39-50-49-25(3)52(39)43)29-13-9-27(10-14-29)28-11-15-30(16-12-28)40(56)48-38(44(4,5)6)42(58)51-22-32(53)19-34(51)41(57)46-21-26-7-17-31(45)18-8-26/h7-18,32-34,38,53H,19-22H2,1-6H3,(H,46,57)(H,48,56)(H,54,55)/t32-,33+,34+,38-/m1/s1. The summed E-state index contributed by atoms with van der Waals surface area (Å²) < 4.78 is 1.92. The summed E-state index contributed by atoms with van der Waals surface area (Å²) in [4.78, 5) is 60.6. The molecule has 13 nitrogen and oxygen atoms in total. The molecule has 59 heavy (non-hydrogen) atoms. The molecule has 5 aromatic rings. The minimum absolute atomic E-state index is 0.0278. The molecule has 4 N–H and O–H groups in total. The number of rotatable bonds is 10. The van der Waals surface area contributed by atoms with E-state index >= 15 is 0 Å². The topological polar surface area (TPSA) is 179 Å². The fourth-order valence-corrected chi connectivity index (χ4v) is 8.91. The number of carbonyl (C=O) groups is 4. The molecule has 4 heterocycles. The van der Waals surface area contributed by atoms with E-state index < -0.39 is 47.4 Å². The van der Waals surface area contributed by atoms with Crippen LogP contribution in [0.1, 0.15) is 88.8 Å². The summed E-state index contributed by atoms with van der Waals surface area (Å²) in [6.07, 6.45) is -1.03. The number of carboxylic acid groups (broad SMARTS) is 1. The van der Waals surface area contributed by atoms with E-state index in [4.69, 9.17) is 16.6 Å². The van der Waals surface area contributed by atoms with Crippen LogP contribution in [0.3, 0.4) is 0 Å². The molecule has 2 aliphatic rings. The lowest BCUT2D eigenvalue weighted by molar-refractivity contribution is -0.142. The van der Waals surface area contributed by atoms with E-state index in [0.717, 1.165) is 43.3 Å². The lowest BCUT2D eigenvalue weighted by atomic mass is 9.85. The molecule has 0 unspecified atom stereocenters. The Hall–Kier alpha value is -5.70. The first-order chi connectivity index (χ1) is 28.0. The predicted molar refractivity (Wildman–Crippen MR) is 226 cm³/mol. The summed E-state index contributed by atoms with van der Waals surface area (Å²) in [5, 5.41) is 36.2. The van der Waals surface area contributed by atoms with Crippen LogP contribution in [-0.4, -0.2) is 84.0 Å². The lowest BCUT2D eigenvalue weighted by Crippen LogP contribution is -2.57. The van der Waals surface area contributed by atoms with E-state index in [2.05, 4.69) is 27.8 Å². The normalized spacial score (nSPS) is 18.0. The van der Waals surface area contributed by atoms with E-state index in [1.807, 2.05) is 75.6 Å². The van der Waals surface area contributed by atoms with Crippen LogP contribution in [-0.2, 0) is 20.9 Å². The Kier molecular flexibility index (Phi) is 11.6. The van der Waals surface area contributed by atoms with Crippen molar-refractivity contribution in [3.63, 3.8) is 0 Å². The Balaban J connectivity index is 1.07. The van der Waals surface area contributed by atoms with Gasteiger partial charge in [0.2, 0.25) is 11.8 Å². The Bertz CT molecular complexity index is 2450. The van der Waals surface area contributed by atoms with Crippen molar-refractivity contribution in [1.82, 2.24) is 30.3 Å². The number of thiophene rings is 1. The van der Waals surface area contributed by atoms with Gasteiger partial charge < -0.3 is 25.7 Å². The molecule has 0 spiro atoms. The first-order valence-electron chi connectivity index (χ1n) is 19.3. The predicted octanol–water partition coefficient (Wildman–Crippen LogP) is 6.36. The van der Waals surface area contributed by atoms with Crippen LogP contribution in [0.4, 0.5) is 0 Å². The van der Waals surface area contributed by atoms with Gasteiger partial charge in [0.25, 0.3) is 5.91 Å². The number of halogens is 1. The van der Waals surface area contributed by atoms with Gasteiger partial charge in [0.15, 0.2) is 5.82 Å². The summed E-state index contributed by atoms with van der Waals surface area (Å²) in [5.41, 5.74) is 5.70. The number of carboxylic acids is 1. The van der Waals surface area contributed by atoms with Crippen molar-refractivity contribution in [3.8, 4) is 16.1 Å². The molecule has 3 aromatic carbocycles. The second-order valence-electron chi connectivity index (χ2n) is 16.2. The highest BCUT2D eigenvalue weighted by molar-refractivity contribution is 7.15. The van der Waals surface area contributed by atoms with Gasteiger partial charge in [-0.1, -0.05) is 80.9 Å². The number of aryl methyl sites for hydroxylation is 2. The van der Waals surface area contributed by atoms with Gasteiger partial charge in [0.1, 0.15) is 29.0 Å². The van der Waals surface area contributed by atoms with Crippen LogP contribution in [0.15, 0.2) is 77.8 Å². The quantitative estimate of drug-likeness (QED) is 0.126.